The Labute approximate surface area is 110 Å². The molecule has 0 fully saturated rings. The quantitative estimate of drug-likeness (QED) is 0.811. The number of halogens is 4. The molecular formula is C12H10F4N2O2. The fourth-order valence-corrected chi connectivity index (χ4v) is 1.54. The number of rotatable bonds is 4. The summed E-state index contributed by atoms with van der Waals surface area (Å²) in [6.07, 6.45) is -5.45. The molecule has 108 valence electrons. The van der Waals surface area contributed by atoms with E-state index in [1.54, 1.807) is 7.05 Å². The molecule has 1 aromatic heterocycles. The Bertz CT molecular complexity index is 646. The fourth-order valence-electron chi connectivity index (χ4n) is 1.54. The van der Waals surface area contributed by atoms with E-state index in [0.29, 0.717) is 5.69 Å². The highest BCUT2D eigenvalue weighted by atomic mass is 19.3. The molecule has 20 heavy (non-hydrogen) atoms. The average Bonchev–Trinajstić information content (AvgIpc) is 2.71. The zero-order chi connectivity index (χ0) is 14.9. The highest BCUT2D eigenvalue weighted by Gasteiger charge is 2.43. The predicted molar refractivity (Wildman–Crippen MR) is 62.6 cm³/mol. The summed E-state index contributed by atoms with van der Waals surface area (Å²) in [5.74, 6) is -0.414. The van der Waals surface area contributed by atoms with E-state index in [1.165, 1.54) is 33.7 Å². The van der Waals surface area contributed by atoms with Crippen LogP contribution >= 0.6 is 0 Å². The SMILES string of the molecule is Cn1ccn(-c2ccc(OC(F)(F)C(F)F)cc2)c1=O. The van der Waals surface area contributed by atoms with Crippen LogP contribution in [0.5, 0.6) is 5.75 Å². The Morgan fingerprint density at radius 1 is 1.15 bits per heavy atom. The molecule has 0 saturated carbocycles. The van der Waals surface area contributed by atoms with Crippen LogP contribution in [0.3, 0.4) is 0 Å². The third-order valence-electron chi connectivity index (χ3n) is 2.57. The maximum Gasteiger partial charge on any atom is 0.461 e. The minimum Gasteiger partial charge on any atom is -0.428 e. The van der Waals surface area contributed by atoms with Crippen LogP contribution in [0.25, 0.3) is 5.69 Å². The lowest BCUT2D eigenvalue weighted by atomic mass is 10.3. The molecular weight excluding hydrogens is 280 g/mol. The zero-order valence-electron chi connectivity index (χ0n) is 10.3. The molecule has 0 bridgehead atoms. The zero-order valence-corrected chi connectivity index (χ0v) is 10.3. The van der Waals surface area contributed by atoms with Gasteiger partial charge in [0.2, 0.25) is 0 Å². The number of aryl methyl sites for hydroxylation is 1. The number of benzene rings is 1. The van der Waals surface area contributed by atoms with Crippen molar-refractivity contribution < 1.29 is 22.3 Å². The summed E-state index contributed by atoms with van der Waals surface area (Å²) in [6, 6.07) is 4.81. The van der Waals surface area contributed by atoms with Gasteiger partial charge in [-0.25, -0.2) is 4.79 Å². The number of nitrogens with zero attached hydrogens (tertiary/aromatic N) is 2. The number of ether oxygens (including phenoxy) is 1. The van der Waals surface area contributed by atoms with E-state index in [2.05, 4.69) is 4.74 Å². The Morgan fingerprint density at radius 3 is 2.20 bits per heavy atom. The second kappa shape index (κ2) is 5.03. The van der Waals surface area contributed by atoms with Crippen molar-refractivity contribution in [1.82, 2.24) is 9.13 Å². The highest BCUT2D eigenvalue weighted by molar-refractivity contribution is 5.37. The highest BCUT2D eigenvalue weighted by Crippen LogP contribution is 2.27. The summed E-state index contributed by atoms with van der Waals surface area (Å²) < 4.78 is 55.8. The standard InChI is InChI=1S/C12H10F4N2O2/c1-17-6-7-18(11(17)19)8-2-4-9(5-3-8)20-12(15,16)10(13)14/h2-7,10H,1H3. The van der Waals surface area contributed by atoms with Crippen molar-refractivity contribution in [3.8, 4) is 11.4 Å². The van der Waals surface area contributed by atoms with Crippen molar-refractivity contribution in [3.63, 3.8) is 0 Å². The van der Waals surface area contributed by atoms with E-state index >= 15 is 0 Å². The number of hydrogen-bond acceptors (Lipinski definition) is 2. The topological polar surface area (TPSA) is 36.2 Å². The molecule has 4 nitrogen and oxygen atoms in total. The average molecular weight is 290 g/mol. The van der Waals surface area contributed by atoms with Gasteiger partial charge in [0.15, 0.2) is 0 Å². The van der Waals surface area contributed by atoms with Crippen molar-refractivity contribution in [1.29, 1.82) is 0 Å². The van der Waals surface area contributed by atoms with Crippen molar-refractivity contribution >= 4 is 0 Å². The van der Waals surface area contributed by atoms with Crippen molar-refractivity contribution in [2.24, 2.45) is 7.05 Å². The summed E-state index contributed by atoms with van der Waals surface area (Å²) in [5.41, 5.74) is 0.0832. The third kappa shape index (κ3) is 2.68. The molecule has 2 aromatic rings. The third-order valence-corrected chi connectivity index (χ3v) is 2.57. The summed E-state index contributed by atoms with van der Waals surface area (Å²) in [6.45, 7) is 0. The van der Waals surface area contributed by atoms with E-state index in [9.17, 15) is 22.4 Å². The van der Waals surface area contributed by atoms with Gasteiger partial charge in [0.1, 0.15) is 5.75 Å². The van der Waals surface area contributed by atoms with Gasteiger partial charge < -0.3 is 9.30 Å². The van der Waals surface area contributed by atoms with Crippen LogP contribution in [0, 0.1) is 0 Å². The maximum atomic E-state index is 12.7. The number of imidazole rings is 1. The van der Waals surface area contributed by atoms with Crippen molar-refractivity contribution in [2.45, 2.75) is 12.5 Å². The van der Waals surface area contributed by atoms with Gasteiger partial charge in [0.05, 0.1) is 5.69 Å². The number of alkyl halides is 4. The first kappa shape index (κ1) is 14.2. The molecule has 0 radical (unpaired) electrons. The molecule has 1 heterocycles. The fraction of sp³-hybridized carbons (Fsp3) is 0.250. The molecule has 0 atom stereocenters. The normalized spacial score (nSPS) is 11.9. The summed E-state index contributed by atoms with van der Waals surface area (Å²) in [5, 5.41) is 0. The minimum absolute atomic E-state index is 0.323. The Kier molecular flexibility index (Phi) is 3.56. The molecule has 1 aromatic carbocycles. The minimum atomic E-state index is -4.55. The van der Waals surface area contributed by atoms with Gasteiger partial charge in [-0.2, -0.15) is 17.6 Å². The van der Waals surface area contributed by atoms with Crippen LogP contribution in [0.4, 0.5) is 17.6 Å². The molecule has 0 N–H and O–H groups in total. The number of aromatic nitrogens is 2. The van der Waals surface area contributed by atoms with E-state index in [-0.39, 0.29) is 5.69 Å². The van der Waals surface area contributed by atoms with Gasteiger partial charge in [-0.3, -0.25) is 4.57 Å². The summed E-state index contributed by atoms with van der Waals surface area (Å²) in [4.78, 5) is 11.6. The van der Waals surface area contributed by atoms with Gasteiger partial charge in [-0.15, -0.1) is 0 Å². The first-order chi connectivity index (χ1) is 9.31. The second-order valence-electron chi connectivity index (χ2n) is 4.02. The summed E-state index contributed by atoms with van der Waals surface area (Å²) in [7, 11) is 1.56. The van der Waals surface area contributed by atoms with Crippen LogP contribution in [0.2, 0.25) is 0 Å². The van der Waals surface area contributed by atoms with Crippen LogP contribution in [0.1, 0.15) is 0 Å². The van der Waals surface area contributed by atoms with Gasteiger partial charge in [0.25, 0.3) is 0 Å². The van der Waals surface area contributed by atoms with E-state index in [0.717, 1.165) is 12.1 Å². The molecule has 0 aliphatic carbocycles. The molecule has 0 aliphatic rings. The smallest absolute Gasteiger partial charge is 0.428 e. The van der Waals surface area contributed by atoms with Crippen LogP contribution in [-0.4, -0.2) is 21.7 Å². The van der Waals surface area contributed by atoms with E-state index in [4.69, 9.17) is 0 Å². The lowest BCUT2D eigenvalue weighted by Crippen LogP contribution is -2.33. The van der Waals surface area contributed by atoms with Crippen LogP contribution in [-0.2, 0) is 7.05 Å². The first-order valence-corrected chi connectivity index (χ1v) is 5.50. The van der Waals surface area contributed by atoms with Gasteiger partial charge in [0, 0.05) is 19.4 Å². The van der Waals surface area contributed by atoms with E-state index in [1.807, 2.05) is 0 Å². The van der Waals surface area contributed by atoms with Crippen molar-refractivity contribution in [3.05, 3.63) is 47.1 Å². The van der Waals surface area contributed by atoms with Crippen LogP contribution < -0.4 is 10.4 Å². The lowest BCUT2D eigenvalue weighted by Gasteiger charge is -2.16. The first-order valence-electron chi connectivity index (χ1n) is 5.50. The Hall–Kier alpha value is -2.25. The molecule has 0 spiro atoms. The predicted octanol–water partition coefficient (Wildman–Crippen LogP) is 2.41. The molecule has 2 rings (SSSR count). The molecule has 0 aliphatic heterocycles. The van der Waals surface area contributed by atoms with Gasteiger partial charge >= 0.3 is 18.2 Å². The van der Waals surface area contributed by atoms with Crippen molar-refractivity contribution in [2.75, 3.05) is 0 Å². The lowest BCUT2D eigenvalue weighted by molar-refractivity contribution is -0.253. The number of hydrogen-bond donors (Lipinski definition) is 0. The van der Waals surface area contributed by atoms with Gasteiger partial charge in [-0.1, -0.05) is 0 Å². The Morgan fingerprint density at radius 2 is 1.75 bits per heavy atom. The second-order valence-corrected chi connectivity index (χ2v) is 4.02. The maximum absolute atomic E-state index is 12.7. The van der Waals surface area contributed by atoms with E-state index < -0.39 is 18.3 Å². The van der Waals surface area contributed by atoms with Crippen LogP contribution in [0.15, 0.2) is 41.5 Å². The molecule has 0 amide bonds. The monoisotopic (exact) mass is 290 g/mol. The molecule has 0 unspecified atom stereocenters. The summed E-state index contributed by atoms with van der Waals surface area (Å²) >= 11 is 0. The molecule has 8 heteroatoms. The Balaban J connectivity index is 2.23. The molecule has 0 saturated heterocycles. The largest absolute Gasteiger partial charge is 0.461 e. The van der Waals surface area contributed by atoms with Gasteiger partial charge in [-0.05, 0) is 24.3 Å².